The van der Waals surface area contributed by atoms with Gasteiger partial charge in [-0.05, 0) is 43.2 Å². The fourth-order valence-electron chi connectivity index (χ4n) is 5.06. The van der Waals surface area contributed by atoms with E-state index in [0.717, 1.165) is 4.90 Å². The summed E-state index contributed by atoms with van der Waals surface area (Å²) in [5.74, 6) is -0.395. The van der Waals surface area contributed by atoms with Crippen LogP contribution in [-0.4, -0.2) is 76.0 Å². The first-order valence-electron chi connectivity index (χ1n) is 11.8. The number of imide groups is 1. The second-order valence-corrected chi connectivity index (χ2v) is 9.31. The van der Waals surface area contributed by atoms with E-state index < -0.39 is 23.9 Å². The van der Waals surface area contributed by atoms with Gasteiger partial charge in [0.05, 0.1) is 38.0 Å². The van der Waals surface area contributed by atoms with Gasteiger partial charge in [-0.1, -0.05) is 17.7 Å². The third kappa shape index (κ3) is 5.36. The van der Waals surface area contributed by atoms with Crippen LogP contribution in [0.1, 0.15) is 12.8 Å². The first kappa shape index (κ1) is 26.7. The van der Waals surface area contributed by atoms with Gasteiger partial charge in [0, 0.05) is 37.0 Å². The van der Waals surface area contributed by atoms with E-state index >= 15 is 0 Å². The van der Waals surface area contributed by atoms with Crippen molar-refractivity contribution in [1.82, 2.24) is 4.90 Å². The average molecular weight is 532 g/mol. The number of amides is 4. The third-order valence-electron chi connectivity index (χ3n) is 6.87. The van der Waals surface area contributed by atoms with Crippen LogP contribution in [0, 0.1) is 5.92 Å². The molecule has 0 bridgehead atoms. The summed E-state index contributed by atoms with van der Waals surface area (Å²) in [6.45, 7) is -0.271. The molecule has 1 aliphatic heterocycles. The highest BCUT2D eigenvalue weighted by Crippen LogP contribution is 2.39. The normalized spacial score (nSPS) is 23.5. The maximum absolute atomic E-state index is 13.7. The number of fused-ring (bicyclic) bond motifs is 1. The number of hydrogen-bond donors (Lipinski definition) is 1. The number of ether oxygens (including phenoxy) is 4. The van der Waals surface area contributed by atoms with Gasteiger partial charge in [-0.2, -0.15) is 0 Å². The number of hydrogen-bond acceptors (Lipinski definition) is 7. The molecule has 10 nitrogen and oxygen atoms in total. The SMILES string of the molecule is COc1ccc(NC(=O)CN2C(=O)N(c3cccc(Cl)c3)C(=O)C3CC(OC)C(OC)CC32)cc1OC. The van der Waals surface area contributed by atoms with Crippen molar-refractivity contribution in [2.24, 2.45) is 5.92 Å². The number of nitrogens with one attached hydrogen (secondary N) is 1. The summed E-state index contributed by atoms with van der Waals surface area (Å²) >= 11 is 6.16. The van der Waals surface area contributed by atoms with E-state index in [9.17, 15) is 14.4 Å². The van der Waals surface area contributed by atoms with Crippen LogP contribution in [0.5, 0.6) is 11.5 Å². The summed E-state index contributed by atoms with van der Waals surface area (Å²) in [6, 6.07) is 10.4. The summed E-state index contributed by atoms with van der Waals surface area (Å²) in [6.07, 6.45) is 0.0360. The number of nitrogens with zero attached hydrogens (tertiary/aromatic N) is 2. The minimum absolute atomic E-state index is 0.271. The smallest absolute Gasteiger partial charge is 0.332 e. The number of anilines is 2. The fourth-order valence-corrected chi connectivity index (χ4v) is 5.24. The van der Waals surface area contributed by atoms with E-state index in [1.54, 1.807) is 56.7 Å². The van der Waals surface area contributed by atoms with Crippen molar-refractivity contribution in [1.29, 1.82) is 0 Å². The minimum atomic E-state index is -0.596. The largest absolute Gasteiger partial charge is 0.493 e. The van der Waals surface area contributed by atoms with Crippen LogP contribution >= 0.6 is 11.6 Å². The molecular formula is C26H30ClN3O7. The Hall–Kier alpha value is -3.34. The van der Waals surface area contributed by atoms with Gasteiger partial charge in [-0.15, -0.1) is 0 Å². The van der Waals surface area contributed by atoms with Crippen molar-refractivity contribution in [3.05, 3.63) is 47.5 Å². The Balaban J connectivity index is 1.63. The van der Waals surface area contributed by atoms with Crippen LogP contribution in [0.3, 0.4) is 0 Å². The fraction of sp³-hybridized carbons (Fsp3) is 0.423. The van der Waals surface area contributed by atoms with Gasteiger partial charge in [-0.3, -0.25) is 9.59 Å². The van der Waals surface area contributed by atoms with Gasteiger partial charge in [0.25, 0.3) is 0 Å². The summed E-state index contributed by atoms with van der Waals surface area (Å²) in [7, 11) is 6.15. The molecule has 0 aromatic heterocycles. The molecule has 4 rings (SSSR count). The molecule has 4 amide bonds. The van der Waals surface area contributed by atoms with E-state index in [4.69, 9.17) is 30.5 Å². The summed E-state index contributed by atoms with van der Waals surface area (Å²) in [4.78, 5) is 43.0. The van der Waals surface area contributed by atoms with E-state index in [1.807, 2.05) is 0 Å². The molecule has 2 aliphatic rings. The minimum Gasteiger partial charge on any atom is -0.493 e. The van der Waals surface area contributed by atoms with Crippen molar-refractivity contribution >= 4 is 40.8 Å². The summed E-state index contributed by atoms with van der Waals surface area (Å²) < 4.78 is 21.7. The second kappa shape index (κ2) is 11.4. The lowest BCUT2D eigenvalue weighted by Gasteiger charge is -2.49. The van der Waals surface area contributed by atoms with Crippen LogP contribution in [0.2, 0.25) is 5.02 Å². The third-order valence-corrected chi connectivity index (χ3v) is 7.10. The Morgan fingerprint density at radius 2 is 1.68 bits per heavy atom. The molecule has 4 atom stereocenters. The Labute approximate surface area is 220 Å². The molecule has 2 aromatic carbocycles. The van der Waals surface area contributed by atoms with Crippen LogP contribution in [0.15, 0.2) is 42.5 Å². The lowest BCUT2D eigenvalue weighted by molar-refractivity contribution is -0.139. The van der Waals surface area contributed by atoms with Crippen LogP contribution in [-0.2, 0) is 19.1 Å². The standard InChI is InChI=1S/C26H30ClN3O7/c1-34-20-9-8-16(11-21(20)35-2)28-24(31)14-29-19-13-23(37-4)22(36-3)12-18(19)25(32)30(26(29)33)17-7-5-6-15(27)10-17/h5-11,18-19,22-23H,12-14H2,1-4H3,(H,28,31). The zero-order chi connectivity index (χ0) is 26.7. The lowest BCUT2D eigenvalue weighted by atomic mass is 9.78. The number of rotatable bonds is 8. The average Bonchev–Trinajstić information content (AvgIpc) is 2.90. The highest BCUT2D eigenvalue weighted by atomic mass is 35.5. The number of methoxy groups -OCH3 is 4. The monoisotopic (exact) mass is 531 g/mol. The number of urea groups is 1. The molecule has 0 spiro atoms. The first-order valence-corrected chi connectivity index (χ1v) is 12.2. The van der Waals surface area contributed by atoms with Crippen molar-refractivity contribution < 1.29 is 33.3 Å². The zero-order valence-corrected chi connectivity index (χ0v) is 21.9. The Bertz CT molecular complexity index is 1180. The Kier molecular flexibility index (Phi) is 8.21. The van der Waals surface area contributed by atoms with Gasteiger partial charge in [0.2, 0.25) is 11.8 Å². The molecule has 1 saturated heterocycles. The van der Waals surface area contributed by atoms with E-state index in [2.05, 4.69) is 5.32 Å². The van der Waals surface area contributed by atoms with Crippen molar-refractivity contribution in [3.63, 3.8) is 0 Å². The van der Waals surface area contributed by atoms with Crippen LogP contribution in [0.4, 0.5) is 16.2 Å². The summed E-state index contributed by atoms with van der Waals surface area (Å²) in [5, 5.41) is 3.19. The predicted octanol–water partition coefficient (Wildman–Crippen LogP) is 3.57. The molecular weight excluding hydrogens is 502 g/mol. The maximum atomic E-state index is 13.7. The van der Waals surface area contributed by atoms with Crippen LogP contribution in [0.25, 0.3) is 0 Å². The predicted molar refractivity (Wildman–Crippen MR) is 137 cm³/mol. The lowest BCUT2D eigenvalue weighted by Crippen LogP contribution is -2.66. The molecule has 1 aliphatic carbocycles. The van der Waals surface area contributed by atoms with E-state index in [-0.39, 0.29) is 24.7 Å². The highest BCUT2D eigenvalue weighted by molar-refractivity contribution is 6.31. The van der Waals surface area contributed by atoms with E-state index in [1.165, 1.54) is 19.1 Å². The number of benzene rings is 2. The molecule has 37 heavy (non-hydrogen) atoms. The molecule has 1 heterocycles. The van der Waals surface area contributed by atoms with Crippen LogP contribution < -0.4 is 19.7 Å². The van der Waals surface area contributed by atoms with E-state index in [0.29, 0.717) is 40.7 Å². The number of halogens is 1. The van der Waals surface area contributed by atoms with Gasteiger partial charge in [-0.25, -0.2) is 9.69 Å². The molecule has 1 saturated carbocycles. The van der Waals surface area contributed by atoms with Gasteiger partial charge < -0.3 is 29.2 Å². The first-order chi connectivity index (χ1) is 17.8. The Morgan fingerprint density at radius 3 is 2.32 bits per heavy atom. The van der Waals surface area contributed by atoms with Gasteiger partial charge >= 0.3 is 6.03 Å². The molecule has 2 aromatic rings. The molecule has 4 unspecified atom stereocenters. The Morgan fingerprint density at radius 1 is 0.973 bits per heavy atom. The second-order valence-electron chi connectivity index (χ2n) is 8.88. The quantitative estimate of drug-likeness (QED) is 0.555. The highest BCUT2D eigenvalue weighted by Gasteiger charge is 2.52. The van der Waals surface area contributed by atoms with Crippen molar-refractivity contribution in [3.8, 4) is 11.5 Å². The summed E-state index contributed by atoms with van der Waals surface area (Å²) in [5.41, 5.74) is 0.818. The zero-order valence-electron chi connectivity index (χ0n) is 21.1. The van der Waals surface area contributed by atoms with Crippen molar-refractivity contribution in [2.45, 2.75) is 31.1 Å². The number of carbonyl (C=O) groups is 3. The molecule has 198 valence electrons. The molecule has 1 N–H and O–H groups in total. The van der Waals surface area contributed by atoms with Gasteiger partial charge in [0.1, 0.15) is 6.54 Å². The molecule has 0 radical (unpaired) electrons. The molecule has 11 heteroatoms. The van der Waals surface area contributed by atoms with Gasteiger partial charge in [0.15, 0.2) is 11.5 Å². The maximum Gasteiger partial charge on any atom is 0.332 e. The topological polar surface area (TPSA) is 107 Å². The van der Waals surface area contributed by atoms with Crippen molar-refractivity contribution in [2.75, 3.05) is 45.2 Å². The molecule has 2 fully saturated rings. The number of carbonyl (C=O) groups excluding carboxylic acids is 3.